The van der Waals surface area contributed by atoms with Gasteiger partial charge >= 0.3 is 0 Å². The maximum atomic E-state index is 10.9. The van der Waals surface area contributed by atoms with E-state index >= 15 is 0 Å². The molecule has 0 heterocycles. The molecule has 0 unspecified atom stereocenters. The zero-order valence-corrected chi connectivity index (χ0v) is 13.9. The molecule has 130 valence electrons. The Kier molecular flexibility index (Phi) is 6.81. The third-order valence-electron chi connectivity index (χ3n) is 3.27. The number of nitriles is 1. The van der Waals surface area contributed by atoms with Crippen LogP contribution in [0.1, 0.15) is 12.5 Å². The molecule has 0 saturated heterocycles. The number of hydrogen-bond donors (Lipinski definition) is 2. The van der Waals surface area contributed by atoms with Crippen molar-refractivity contribution in [2.75, 3.05) is 18.5 Å². The standard InChI is InChI=1S/C19H20N2O4/c1-14(22)21-16-4-8-19(9-5-16)25-13-17(23)12-24-18-6-2-15(3-7-18)10-11-20/h2-9,17,23H,10,12-13H2,1H3,(H,21,22)/t17-/m0/s1. The zero-order chi connectivity index (χ0) is 18.1. The SMILES string of the molecule is CC(=O)Nc1ccc(OC[C@@H](O)COc2ccc(CC#N)cc2)cc1. The van der Waals surface area contributed by atoms with Crippen LogP contribution < -0.4 is 14.8 Å². The molecule has 0 spiro atoms. The number of ether oxygens (including phenoxy) is 2. The highest BCUT2D eigenvalue weighted by Gasteiger charge is 2.07. The molecular formula is C19H20N2O4. The highest BCUT2D eigenvalue weighted by molar-refractivity contribution is 5.88. The van der Waals surface area contributed by atoms with Crippen LogP contribution in [0, 0.1) is 11.3 Å². The fourth-order valence-corrected chi connectivity index (χ4v) is 2.07. The Labute approximate surface area is 146 Å². The third-order valence-corrected chi connectivity index (χ3v) is 3.27. The topological polar surface area (TPSA) is 91.6 Å². The minimum atomic E-state index is -0.784. The first-order valence-corrected chi connectivity index (χ1v) is 7.84. The van der Waals surface area contributed by atoms with Gasteiger partial charge in [-0.05, 0) is 42.0 Å². The Morgan fingerprint density at radius 1 is 1.08 bits per heavy atom. The van der Waals surface area contributed by atoms with E-state index in [0.29, 0.717) is 23.6 Å². The van der Waals surface area contributed by atoms with Crippen molar-refractivity contribution in [3.8, 4) is 17.6 Å². The quantitative estimate of drug-likeness (QED) is 0.770. The molecule has 2 aromatic rings. The largest absolute Gasteiger partial charge is 0.491 e. The minimum Gasteiger partial charge on any atom is -0.491 e. The molecule has 0 bridgehead atoms. The van der Waals surface area contributed by atoms with E-state index in [1.165, 1.54) is 6.92 Å². The summed E-state index contributed by atoms with van der Waals surface area (Å²) < 4.78 is 11.0. The van der Waals surface area contributed by atoms with Crippen LogP contribution in [0.3, 0.4) is 0 Å². The van der Waals surface area contributed by atoms with Crippen LogP contribution in [0.2, 0.25) is 0 Å². The first-order valence-electron chi connectivity index (χ1n) is 7.84. The van der Waals surface area contributed by atoms with Gasteiger partial charge in [0.05, 0.1) is 12.5 Å². The number of carbonyl (C=O) groups excluding carboxylic acids is 1. The van der Waals surface area contributed by atoms with E-state index in [1.807, 2.05) is 12.1 Å². The number of hydrogen-bond acceptors (Lipinski definition) is 5. The molecule has 25 heavy (non-hydrogen) atoms. The molecule has 2 aromatic carbocycles. The maximum absolute atomic E-state index is 10.9. The number of anilines is 1. The molecule has 1 atom stereocenters. The number of benzene rings is 2. The van der Waals surface area contributed by atoms with Crippen molar-refractivity contribution in [3.63, 3.8) is 0 Å². The molecule has 0 aliphatic heterocycles. The van der Waals surface area contributed by atoms with Gasteiger partial charge in [-0.15, -0.1) is 0 Å². The van der Waals surface area contributed by atoms with Gasteiger partial charge < -0.3 is 19.9 Å². The number of carbonyl (C=O) groups is 1. The molecular weight excluding hydrogens is 320 g/mol. The lowest BCUT2D eigenvalue weighted by molar-refractivity contribution is -0.114. The van der Waals surface area contributed by atoms with Crippen LogP contribution in [0.25, 0.3) is 0 Å². The summed E-state index contributed by atoms with van der Waals surface area (Å²) in [4.78, 5) is 10.9. The fourth-order valence-electron chi connectivity index (χ4n) is 2.07. The van der Waals surface area contributed by atoms with Crippen molar-refractivity contribution in [1.82, 2.24) is 0 Å². The molecule has 6 heteroatoms. The number of rotatable bonds is 8. The van der Waals surface area contributed by atoms with Gasteiger partial charge in [0, 0.05) is 12.6 Å². The maximum Gasteiger partial charge on any atom is 0.221 e. The Balaban J connectivity index is 1.74. The van der Waals surface area contributed by atoms with Gasteiger partial charge in [-0.3, -0.25) is 4.79 Å². The van der Waals surface area contributed by atoms with Crippen molar-refractivity contribution in [2.45, 2.75) is 19.4 Å². The first kappa shape index (κ1) is 18.3. The van der Waals surface area contributed by atoms with Crippen molar-refractivity contribution >= 4 is 11.6 Å². The summed E-state index contributed by atoms with van der Waals surface area (Å²) in [5, 5.41) is 21.2. The fraction of sp³-hybridized carbons (Fsp3) is 0.263. The van der Waals surface area contributed by atoms with Gasteiger partial charge in [-0.1, -0.05) is 12.1 Å². The number of amides is 1. The number of nitrogens with one attached hydrogen (secondary N) is 1. The van der Waals surface area contributed by atoms with Crippen LogP contribution in [0.15, 0.2) is 48.5 Å². The van der Waals surface area contributed by atoms with E-state index in [9.17, 15) is 9.90 Å². The lowest BCUT2D eigenvalue weighted by Crippen LogP contribution is -2.25. The molecule has 0 radical (unpaired) electrons. The summed E-state index contributed by atoms with van der Waals surface area (Å²) in [5.41, 5.74) is 1.60. The second kappa shape index (κ2) is 9.30. The predicted molar refractivity (Wildman–Crippen MR) is 93.5 cm³/mol. The van der Waals surface area contributed by atoms with Gasteiger partial charge in [0.1, 0.15) is 30.8 Å². The van der Waals surface area contributed by atoms with Crippen molar-refractivity contribution in [3.05, 3.63) is 54.1 Å². The van der Waals surface area contributed by atoms with E-state index in [2.05, 4.69) is 11.4 Å². The summed E-state index contributed by atoms with van der Waals surface area (Å²) in [6.07, 6.45) is -0.425. The summed E-state index contributed by atoms with van der Waals surface area (Å²) in [6.45, 7) is 1.63. The second-order valence-electron chi connectivity index (χ2n) is 5.46. The predicted octanol–water partition coefficient (Wildman–Crippen LogP) is 2.53. The molecule has 0 saturated carbocycles. The van der Waals surface area contributed by atoms with E-state index in [4.69, 9.17) is 14.7 Å². The molecule has 0 aliphatic rings. The summed E-state index contributed by atoms with van der Waals surface area (Å²) in [5.74, 6) is 1.08. The molecule has 2 rings (SSSR count). The number of aliphatic hydroxyl groups excluding tert-OH is 1. The van der Waals surface area contributed by atoms with Gasteiger partial charge in [0.25, 0.3) is 0 Å². The highest BCUT2D eigenvalue weighted by Crippen LogP contribution is 2.16. The van der Waals surface area contributed by atoms with E-state index in [0.717, 1.165) is 5.56 Å². The van der Waals surface area contributed by atoms with E-state index < -0.39 is 6.10 Å². The Bertz CT molecular complexity index is 721. The smallest absolute Gasteiger partial charge is 0.221 e. The van der Waals surface area contributed by atoms with Crippen LogP contribution in [0.4, 0.5) is 5.69 Å². The van der Waals surface area contributed by atoms with Crippen LogP contribution >= 0.6 is 0 Å². The van der Waals surface area contributed by atoms with Crippen molar-refractivity contribution < 1.29 is 19.4 Å². The second-order valence-corrected chi connectivity index (χ2v) is 5.46. The normalized spacial score (nSPS) is 11.2. The molecule has 6 nitrogen and oxygen atoms in total. The van der Waals surface area contributed by atoms with Gasteiger partial charge in [0.15, 0.2) is 0 Å². The Morgan fingerprint density at radius 2 is 1.60 bits per heavy atom. The molecule has 1 amide bonds. The van der Waals surface area contributed by atoms with Crippen molar-refractivity contribution in [1.29, 1.82) is 5.26 Å². The lowest BCUT2D eigenvalue weighted by Gasteiger charge is -2.14. The van der Waals surface area contributed by atoms with Gasteiger partial charge in [-0.2, -0.15) is 5.26 Å². The number of nitrogens with zero attached hydrogens (tertiary/aromatic N) is 1. The highest BCUT2D eigenvalue weighted by atomic mass is 16.5. The van der Waals surface area contributed by atoms with Crippen LogP contribution in [0.5, 0.6) is 11.5 Å². The Morgan fingerprint density at radius 3 is 2.08 bits per heavy atom. The molecule has 0 fully saturated rings. The average molecular weight is 340 g/mol. The molecule has 0 aromatic heterocycles. The van der Waals surface area contributed by atoms with E-state index in [1.54, 1.807) is 36.4 Å². The number of aliphatic hydroxyl groups is 1. The molecule has 2 N–H and O–H groups in total. The molecule has 0 aliphatic carbocycles. The monoisotopic (exact) mass is 340 g/mol. The Hall–Kier alpha value is -3.04. The summed E-state index contributed by atoms with van der Waals surface area (Å²) >= 11 is 0. The third kappa shape index (κ3) is 6.53. The first-order chi connectivity index (χ1) is 12.1. The summed E-state index contributed by atoms with van der Waals surface area (Å²) in [6, 6.07) is 16.1. The lowest BCUT2D eigenvalue weighted by atomic mass is 10.2. The van der Waals surface area contributed by atoms with Gasteiger partial charge in [0.2, 0.25) is 5.91 Å². The van der Waals surface area contributed by atoms with Crippen LogP contribution in [-0.4, -0.2) is 30.3 Å². The minimum absolute atomic E-state index is 0.0893. The van der Waals surface area contributed by atoms with Crippen molar-refractivity contribution in [2.24, 2.45) is 0 Å². The average Bonchev–Trinajstić information content (AvgIpc) is 2.60. The summed E-state index contributed by atoms with van der Waals surface area (Å²) in [7, 11) is 0. The zero-order valence-electron chi connectivity index (χ0n) is 13.9. The van der Waals surface area contributed by atoms with Gasteiger partial charge in [-0.25, -0.2) is 0 Å². The van der Waals surface area contributed by atoms with Crippen LogP contribution in [-0.2, 0) is 11.2 Å². The van der Waals surface area contributed by atoms with E-state index in [-0.39, 0.29) is 19.1 Å².